The maximum atomic E-state index is 13.6. The Morgan fingerprint density at radius 1 is 1.15 bits per heavy atom. The maximum absolute atomic E-state index is 13.6. The first-order valence-corrected chi connectivity index (χ1v) is 14.6. The molecule has 0 saturated carbocycles. The highest BCUT2D eigenvalue weighted by Crippen LogP contribution is 2.47. The third kappa shape index (κ3) is 6.18. The maximum Gasteiger partial charge on any atom is 0.234 e. The number of fused-ring (bicyclic) bond motifs is 1. The molecule has 214 valence electrons. The fourth-order valence-electron chi connectivity index (χ4n) is 6.09. The highest BCUT2D eigenvalue weighted by molar-refractivity contribution is 7.09. The van der Waals surface area contributed by atoms with E-state index >= 15 is 0 Å². The normalized spacial score (nSPS) is 21.9. The molecule has 9 heteroatoms. The van der Waals surface area contributed by atoms with Crippen molar-refractivity contribution in [3.8, 4) is 5.75 Å². The summed E-state index contributed by atoms with van der Waals surface area (Å²) < 4.78 is 5.46. The molecule has 2 aliphatic rings. The molecule has 1 aliphatic carbocycles. The molecule has 8 nitrogen and oxygen atoms in total. The van der Waals surface area contributed by atoms with Crippen LogP contribution in [0.25, 0.3) is 11.6 Å². The van der Waals surface area contributed by atoms with Crippen LogP contribution in [0.15, 0.2) is 77.3 Å². The lowest BCUT2D eigenvalue weighted by atomic mass is 9.68. The molecule has 0 unspecified atom stereocenters. The summed E-state index contributed by atoms with van der Waals surface area (Å²) in [6, 6.07) is 16.3. The number of methoxy groups -OCH3 is 1. The number of aromatic hydroxyl groups is 1. The van der Waals surface area contributed by atoms with Gasteiger partial charge in [-0.25, -0.2) is 0 Å². The number of hydrogen-bond acceptors (Lipinski definition) is 8. The average Bonchev–Trinajstić information content (AvgIpc) is 3.59. The zero-order valence-electron chi connectivity index (χ0n) is 22.8. The molecule has 4 atom stereocenters. The molecule has 3 heterocycles. The summed E-state index contributed by atoms with van der Waals surface area (Å²) in [6.45, 7) is 0.0610. The lowest BCUT2D eigenvalue weighted by Crippen LogP contribution is -2.39. The van der Waals surface area contributed by atoms with Crippen LogP contribution in [0.5, 0.6) is 5.75 Å². The summed E-state index contributed by atoms with van der Waals surface area (Å²) in [6.07, 6.45) is 3.82. The molecule has 5 rings (SSSR count). The van der Waals surface area contributed by atoms with Crippen LogP contribution >= 0.6 is 11.3 Å². The van der Waals surface area contributed by atoms with Gasteiger partial charge in [-0.2, -0.15) is 0 Å². The number of ether oxygens (including phenoxy) is 1. The number of allylic oxidation sites excluding steroid dienone is 1. The SMILES string of the molecule is COCC1=C([C@H](O)CC/C(=C/c2ccc(O)cc2)c2ccccn2)[C@H](CO)[C@@H]2C(=O)N(Cc3cccs3)C(=O)[C@@H]2C1. The number of nitrogens with zero attached hydrogens (tertiary/aromatic N) is 2. The van der Waals surface area contributed by atoms with Crippen LogP contribution in [-0.2, 0) is 20.9 Å². The van der Waals surface area contributed by atoms with Crippen molar-refractivity contribution in [2.45, 2.75) is 31.9 Å². The quantitative estimate of drug-likeness (QED) is 0.231. The number of pyridine rings is 1. The molecule has 1 fully saturated rings. The van der Waals surface area contributed by atoms with Crippen LogP contribution in [0, 0.1) is 17.8 Å². The zero-order chi connectivity index (χ0) is 28.9. The first-order chi connectivity index (χ1) is 19.9. The molecule has 41 heavy (non-hydrogen) atoms. The van der Waals surface area contributed by atoms with Crippen molar-refractivity contribution in [2.24, 2.45) is 17.8 Å². The van der Waals surface area contributed by atoms with Crippen LogP contribution in [0.1, 0.15) is 35.4 Å². The van der Waals surface area contributed by atoms with Gasteiger partial charge in [0, 0.05) is 24.1 Å². The van der Waals surface area contributed by atoms with E-state index in [0.717, 1.165) is 27.3 Å². The van der Waals surface area contributed by atoms with E-state index in [9.17, 15) is 24.9 Å². The van der Waals surface area contributed by atoms with Crippen molar-refractivity contribution < 1.29 is 29.6 Å². The van der Waals surface area contributed by atoms with Gasteiger partial charge in [0.2, 0.25) is 11.8 Å². The van der Waals surface area contributed by atoms with Gasteiger partial charge in [0.25, 0.3) is 0 Å². The number of aliphatic hydroxyl groups is 2. The Bertz CT molecular complexity index is 1420. The van der Waals surface area contributed by atoms with Crippen LogP contribution in [-0.4, -0.2) is 63.4 Å². The number of imide groups is 1. The number of amides is 2. The molecular weight excluding hydrogens is 540 g/mol. The van der Waals surface area contributed by atoms with Crippen molar-refractivity contribution in [1.29, 1.82) is 0 Å². The minimum atomic E-state index is -0.959. The van der Waals surface area contributed by atoms with Gasteiger partial charge >= 0.3 is 0 Å². The van der Waals surface area contributed by atoms with Gasteiger partial charge in [-0.3, -0.25) is 19.5 Å². The number of carbonyl (C=O) groups excluding carboxylic acids is 2. The highest BCUT2D eigenvalue weighted by atomic mass is 32.1. The number of carbonyl (C=O) groups is 2. The number of rotatable bonds is 11. The first-order valence-electron chi connectivity index (χ1n) is 13.7. The molecule has 3 N–H and O–H groups in total. The molecule has 1 aromatic carbocycles. The highest BCUT2D eigenvalue weighted by Gasteiger charge is 2.54. The Kier molecular flexibility index (Phi) is 9.09. The fraction of sp³-hybridized carbons (Fsp3) is 0.344. The molecule has 0 radical (unpaired) electrons. The van der Waals surface area contributed by atoms with E-state index in [1.807, 2.05) is 53.9 Å². The molecule has 0 bridgehead atoms. The van der Waals surface area contributed by atoms with Crippen LogP contribution in [0.2, 0.25) is 0 Å². The van der Waals surface area contributed by atoms with Gasteiger partial charge in [0.1, 0.15) is 5.75 Å². The molecule has 1 aliphatic heterocycles. The van der Waals surface area contributed by atoms with Crippen LogP contribution in [0.3, 0.4) is 0 Å². The van der Waals surface area contributed by atoms with Crippen LogP contribution in [0.4, 0.5) is 0 Å². The third-order valence-corrected chi connectivity index (χ3v) is 8.82. The summed E-state index contributed by atoms with van der Waals surface area (Å²) in [7, 11) is 1.56. The minimum Gasteiger partial charge on any atom is -0.508 e. The van der Waals surface area contributed by atoms with E-state index in [2.05, 4.69) is 4.98 Å². The fourth-order valence-corrected chi connectivity index (χ4v) is 6.78. The Balaban J connectivity index is 1.41. The number of thiophene rings is 1. The standard InChI is InChI=1S/C32H34N2O6S/c1-40-19-22-16-25-30(32(39)34(31(25)38)17-24-5-4-14-41-24)26(18-35)29(22)28(37)12-9-21(27-6-2-3-13-33-27)15-20-7-10-23(36)11-8-20/h2-8,10-11,13-15,25-26,28,30,35-37H,9,12,16-19H2,1H3/b21-15-/t25-,26+,28-,30-/m1/s1. The number of aliphatic hydroxyl groups excluding tert-OH is 2. The largest absolute Gasteiger partial charge is 0.508 e. The van der Waals surface area contributed by atoms with Crippen molar-refractivity contribution in [1.82, 2.24) is 9.88 Å². The van der Waals surface area contributed by atoms with Crippen molar-refractivity contribution in [2.75, 3.05) is 20.3 Å². The predicted molar refractivity (Wildman–Crippen MR) is 156 cm³/mol. The van der Waals surface area contributed by atoms with Crippen molar-refractivity contribution >= 4 is 34.8 Å². The third-order valence-electron chi connectivity index (χ3n) is 7.96. The zero-order valence-corrected chi connectivity index (χ0v) is 23.7. The van der Waals surface area contributed by atoms with Gasteiger partial charge < -0.3 is 20.1 Å². The van der Waals surface area contributed by atoms with Gasteiger partial charge in [-0.1, -0.05) is 24.3 Å². The summed E-state index contributed by atoms with van der Waals surface area (Å²) in [5, 5.41) is 33.7. The molecule has 0 spiro atoms. The average molecular weight is 575 g/mol. The number of phenols is 1. The number of likely N-dealkylation sites (tertiary alicyclic amines) is 1. The van der Waals surface area contributed by atoms with Gasteiger partial charge in [0.15, 0.2) is 0 Å². The monoisotopic (exact) mass is 574 g/mol. The summed E-state index contributed by atoms with van der Waals surface area (Å²) in [4.78, 5) is 33.7. The summed E-state index contributed by atoms with van der Waals surface area (Å²) >= 11 is 1.49. The second-order valence-electron chi connectivity index (χ2n) is 10.5. The molecule has 2 amide bonds. The van der Waals surface area contributed by atoms with Gasteiger partial charge in [-0.05, 0) is 83.3 Å². The van der Waals surface area contributed by atoms with Gasteiger partial charge in [-0.15, -0.1) is 11.3 Å². The Morgan fingerprint density at radius 2 is 1.95 bits per heavy atom. The van der Waals surface area contributed by atoms with E-state index in [1.165, 1.54) is 16.2 Å². The number of benzene rings is 1. The van der Waals surface area contributed by atoms with Crippen molar-refractivity contribution in [3.05, 3.63) is 93.5 Å². The summed E-state index contributed by atoms with van der Waals surface area (Å²) in [5.41, 5.74) is 3.91. The summed E-state index contributed by atoms with van der Waals surface area (Å²) in [5.74, 6) is -2.34. The van der Waals surface area contributed by atoms with E-state index < -0.39 is 23.9 Å². The van der Waals surface area contributed by atoms with E-state index in [0.29, 0.717) is 24.8 Å². The minimum absolute atomic E-state index is 0.175. The molecule has 2 aromatic heterocycles. The Labute approximate surface area is 243 Å². The van der Waals surface area contributed by atoms with Crippen molar-refractivity contribution in [3.63, 3.8) is 0 Å². The number of aromatic nitrogens is 1. The van der Waals surface area contributed by atoms with Gasteiger partial charge in [0.05, 0.1) is 43.4 Å². The van der Waals surface area contributed by atoms with E-state index in [-0.39, 0.29) is 37.3 Å². The topological polar surface area (TPSA) is 120 Å². The Morgan fingerprint density at radius 3 is 2.61 bits per heavy atom. The smallest absolute Gasteiger partial charge is 0.234 e. The number of hydrogen-bond donors (Lipinski definition) is 3. The first kappa shape index (κ1) is 28.9. The van der Waals surface area contributed by atoms with Crippen LogP contribution < -0.4 is 0 Å². The lowest BCUT2D eigenvalue weighted by molar-refractivity contribution is -0.140. The Hall–Kier alpha value is -3.63. The second-order valence-corrected chi connectivity index (χ2v) is 11.5. The number of phenolic OH excluding ortho intramolecular Hbond substituents is 1. The predicted octanol–water partition coefficient (Wildman–Crippen LogP) is 4.29. The van der Waals surface area contributed by atoms with E-state index in [1.54, 1.807) is 25.4 Å². The lowest BCUT2D eigenvalue weighted by Gasteiger charge is -2.36. The van der Waals surface area contributed by atoms with E-state index in [4.69, 9.17) is 4.74 Å². The molecule has 3 aromatic rings. The second kappa shape index (κ2) is 12.9. The molecular formula is C32H34N2O6S. The molecule has 1 saturated heterocycles.